The predicted octanol–water partition coefficient (Wildman–Crippen LogP) is 5.56. The molecule has 2 heterocycles. The highest BCUT2D eigenvalue weighted by atomic mass is 16.7. The Labute approximate surface area is 225 Å². The van der Waals surface area contributed by atoms with Crippen LogP contribution in [0.5, 0.6) is 23.0 Å². The fourth-order valence-electron chi connectivity index (χ4n) is 5.18. The lowest BCUT2D eigenvalue weighted by Gasteiger charge is -2.42. The van der Waals surface area contributed by atoms with E-state index in [1.54, 1.807) is 55.5 Å². The van der Waals surface area contributed by atoms with Crippen molar-refractivity contribution in [1.29, 1.82) is 0 Å². The molecule has 0 saturated heterocycles. The Kier molecular flexibility index (Phi) is 6.28. The van der Waals surface area contributed by atoms with Crippen LogP contribution < -0.4 is 29.2 Å². The van der Waals surface area contributed by atoms with Gasteiger partial charge in [0.15, 0.2) is 11.5 Å². The summed E-state index contributed by atoms with van der Waals surface area (Å²) in [7, 11) is 3.19. The molecule has 0 saturated carbocycles. The highest BCUT2D eigenvalue weighted by Gasteiger charge is 2.45. The number of carbonyl (C=O) groups excluding carboxylic acids is 2. The van der Waals surface area contributed by atoms with E-state index in [1.165, 1.54) is 0 Å². The number of carbonyl (C=O) groups is 2. The standard InChI is InChI=1S/C31H26N2O6/c1-36-22-12-7-19(8-13-22)29-28(30(34)32-20-9-16-26-27(17-20)39-18-38-26)24-5-3-4-6-25(24)31(35)33(29)21-10-14-23(37-2)15-11-21/h3-17,28-29H,18H2,1-2H3,(H,32,34)/t28-,29+/m0/s1. The van der Waals surface area contributed by atoms with Gasteiger partial charge in [0.25, 0.3) is 5.91 Å². The Balaban J connectivity index is 1.48. The zero-order chi connectivity index (χ0) is 26.9. The van der Waals surface area contributed by atoms with Gasteiger partial charge in [0, 0.05) is 23.0 Å². The fourth-order valence-corrected chi connectivity index (χ4v) is 5.18. The molecule has 0 aliphatic carbocycles. The summed E-state index contributed by atoms with van der Waals surface area (Å²) in [6.07, 6.45) is 0. The normalized spacial score (nSPS) is 17.4. The number of fused-ring (bicyclic) bond motifs is 2. The van der Waals surface area contributed by atoms with E-state index in [-0.39, 0.29) is 18.6 Å². The molecule has 0 fully saturated rings. The van der Waals surface area contributed by atoms with Crippen LogP contribution in [0.1, 0.15) is 33.4 Å². The van der Waals surface area contributed by atoms with Crippen molar-refractivity contribution in [3.63, 3.8) is 0 Å². The number of hydrogen-bond donors (Lipinski definition) is 1. The molecule has 8 heteroatoms. The van der Waals surface area contributed by atoms with E-state index < -0.39 is 12.0 Å². The van der Waals surface area contributed by atoms with Crippen LogP contribution in [0.4, 0.5) is 11.4 Å². The number of ether oxygens (including phenoxy) is 4. The number of methoxy groups -OCH3 is 2. The minimum absolute atomic E-state index is 0.140. The molecule has 8 nitrogen and oxygen atoms in total. The molecular weight excluding hydrogens is 496 g/mol. The summed E-state index contributed by atoms with van der Waals surface area (Å²) in [5, 5.41) is 3.05. The Bertz CT molecular complexity index is 1530. The second-order valence-corrected chi connectivity index (χ2v) is 9.21. The average Bonchev–Trinajstić information content (AvgIpc) is 3.45. The van der Waals surface area contributed by atoms with E-state index in [2.05, 4.69) is 5.32 Å². The summed E-state index contributed by atoms with van der Waals surface area (Å²) in [6, 6.07) is 26.6. The number of amides is 2. The van der Waals surface area contributed by atoms with Gasteiger partial charge in [0.05, 0.1) is 26.2 Å². The van der Waals surface area contributed by atoms with Gasteiger partial charge in [0.1, 0.15) is 11.5 Å². The van der Waals surface area contributed by atoms with Crippen LogP contribution in [0.3, 0.4) is 0 Å². The van der Waals surface area contributed by atoms with Crippen LogP contribution in [0.2, 0.25) is 0 Å². The summed E-state index contributed by atoms with van der Waals surface area (Å²) in [5.41, 5.74) is 3.15. The molecule has 2 amide bonds. The molecule has 1 N–H and O–H groups in total. The Morgan fingerprint density at radius 3 is 2.23 bits per heavy atom. The maximum absolute atomic E-state index is 14.2. The van der Waals surface area contributed by atoms with Crippen LogP contribution in [0, 0.1) is 0 Å². The van der Waals surface area contributed by atoms with E-state index in [0.29, 0.717) is 45.5 Å². The maximum atomic E-state index is 14.2. The minimum atomic E-state index is -0.722. The SMILES string of the molecule is COc1ccc([C@@H]2[C@@H](C(=O)Nc3ccc4c(c3)OCO4)c3ccccc3C(=O)N2c2ccc(OC)cc2)cc1. The highest BCUT2D eigenvalue weighted by Crippen LogP contribution is 2.46. The zero-order valence-electron chi connectivity index (χ0n) is 21.4. The molecule has 0 radical (unpaired) electrons. The van der Waals surface area contributed by atoms with Crippen molar-refractivity contribution in [3.05, 3.63) is 108 Å². The zero-order valence-corrected chi connectivity index (χ0v) is 21.4. The summed E-state index contributed by atoms with van der Waals surface area (Å²) in [5.74, 6) is 1.37. The third-order valence-corrected chi connectivity index (χ3v) is 7.07. The molecule has 39 heavy (non-hydrogen) atoms. The Morgan fingerprint density at radius 1 is 0.846 bits per heavy atom. The molecule has 0 bridgehead atoms. The highest BCUT2D eigenvalue weighted by molar-refractivity contribution is 6.12. The van der Waals surface area contributed by atoms with Gasteiger partial charge < -0.3 is 24.3 Å². The topological polar surface area (TPSA) is 86.3 Å². The first-order valence-corrected chi connectivity index (χ1v) is 12.5. The average molecular weight is 523 g/mol. The van der Waals surface area contributed by atoms with Gasteiger partial charge in [-0.25, -0.2) is 0 Å². The summed E-state index contributed by atoms with van der Waals surface area (Å²) in [4.78, 5) is 29.9. The van der Waals surface area contributed by atoms with E-state index in [4.69, 9.17) is 18.9 Å². The number of anilines is 2. The lowest BCUT2D eigenvalue weighted by Crippen LogP contribution is -2.46. The molecule has 6 rings (SSSR count). The molecule has 2 aliphatic rings. The van der Waals surface area contributed by atoms with Crippen molar-refractivity contribution in [3.8, 4) is 23.0 Å². The van der Waals surface area contributed by atoms with Crippen LogP contribution in [-0.2, 0) is 4.79 Å². The van der Waals surface area contributed by atoms with Gasteiger partial charge in [-0.05, 0) is 65.7 Å². The van der Waals surface area contributed by atoms with E-state index in [1.807, 2.05) is 54.6 Å². The molecule has 0 spiro atoms. The van der Waals surface area contributed by atoms with Crippen molar-refractivity contribution in [1.82, 2.24) is 0 Å². The first-order chi connectivity index (χ1) is 19.1. The third kappa shape index (κ3) is 4.40. The number of nitrogens with one attached hydrogen (secondary N) is 1. The van der Waals surface area contributed by atoms with E-state index >= 15 is 0 Å². The molecular formula is C31H26N2O6. The fraction of sp³-hybridized carbons (Fsp3) is 0.161. The number of rotatable bonds is 6. The number of nitrogens with zero attached hydrogens (tertiary/aromatic N) is 1. The monoisotopic (exact) mass is 522 g/mol. The summed E-state index contributed by atoms with van der Waals surface area (Å²) < 4.78 is 21.6. The van der Waals surface area contributed by atoms with Crippen molar-refractivity contribution in [2.45, 2.75) is 12.0 Å². The second kappa shape index (κ2) is 10.1. The van der Waals surface area contributed by atoms with Crippen LogP contribution in [0.15, 0.2) is 91.0 Å². The molecule has 196 valence electrons. The van der Waals surface area contributed by atoms with Gasteiger partial charge in [-0.15, -0.1) is 0 Å². The van der Waals surface area contributed by atoms with Gasteiger partial charge in [0.2, 0.25) is 12.7 Å². The molecule has 0 aromatic heterocycles. The molecule has 4 aromatic rings. The van der Waals surface area contributed by atoms with Gasteiger partial charge in [-0.3, -0.25) is 14.5 Å². The second-order valence-electron chi connectivity index (χ2n) is 9.21. The number of hydrogen-bond acceptors (Lipinski definition) is 6. The third-order valence-electron chi connectivity index (χ3n) is 7.07. The summed E-state index contributed by atoms with van der Waals surface area (Å²) >= 11 is 0. The van der Waals surface area contributed by atoms with Crippen molar-refractivity contribution < 1.29 is 28.5 Å². The first kappa shape index (κ1) is 24.4. The van der Waals surface area contributed by atoms with Crippen LogP contribution in [0.25, 0.3) is 0 Å². The minimum Gasteiger partial charge on any atom is -0.497 e. The molecule has 2 aliphatic heterocycles. The predicted molar refractivity (Wildman–Crippen MR) is 146 cm³/mol. The van der Waals surface area contributed by atoms with Crippen molar-refractivity contribution in [2.24, 2.45) is 0 Å². The molecule has 4 aromatic carbocycles. The van der Waals surface area contributed by atoms with Crippen molar-refractivity contribution in [2.75, 3.05) is 31.2 Å². The van der Waals surface area contributed by atoms with Gasteiger partial charge >= 0.3 is 0 Å². The first-order valence-electron chi connectivity index (χ1n) is 12.5. The summed E-state index contributed by atoms with van der Waals surface area (Å²) in [6.45, 7) is 0.140. The van der Waals surface area contributed by atoms with Crippen molar-refractivity contribution >= 4 is 23.2 Å². The number of benzene rings is 4. The lowest BCUT2D eigenvalue weighted by molar-refractivity contribution is -0.118. The van der Waals surface area contributed by atoms with E-state index in [0.717, 1.165) is 5.56 Å². The Morgan fingerprint density at radius 2 is 1.51 bits per heavy atom. The maximum Gasteiger partial charge on any atom is 0.259 e. The van der Waals surface area contributed by atoms with Gasteiger partial charge in [-0.1, -0.05) is 30.3 Å². The van der Waals surface area contributed by atoms with Crippen LogP contribution in [-0.4, -0.2) is 32.8 Å². The largest absolute Gasteiger partial charge is 0.497 e. The smallest absolute Gasteiger partial charge is 0.259 e. The lowest BCUT2D eigenvalue weighted by atomic mass is 9.78. The quantitative estimate of drug-likeness (QED) is 0.357. The van der Waals surface area contributed by atoms with Gasteiger partial charge in [-0.2, -0.15) is 0 Å². The Hall–Kier alpha value is -4.98. The van der Waals surface area contributed by atoms with E-state index in [9.17, 15) is 9.59 Å². The van der Waals surface area contributed by atoms with Crippen LogP contribution >= 0.6 is 0 Å². The molecule has 2 atom stereocenters. The molecule has 0 unspecified atom stereocenters.